The van der Waals surface area contributed by atoms with Crippen molar-refractivity contribution in [1.29, 1.82) is 0 Å². The van der Waals surface area contributed by atoms with E-state index in [1.807, 2.05) is 36.6 Å². The monoisotopic (exact) mass is 419 g/mol. The van der Waals surface area contributed by atoms with Crippen LogP contribution in [0.2, 0.25) is 0 Å². The minimum Gasteiger partial charge on any atom is -0.324 e. The summed E-state index contributed by atoms with van der Waals surface area (Å²) in [6, 6.07) is 5.64. The van der Waals surface area contributed by atoms with Crippen molar-refractivity contribution in [1.82, 2.24) is 29.5 Å². The molecule has 1 unspecified atom stereocenters. The van der Waals surface area contributed by atoms with Gasteiger partial charge in [-0.25, -0.2) is 24.9 Å². The van der Waals surface area contributed by atoms with Gasteiger partial charge in [0.25, 0.3) is 0 Å². The first-order valence-electron chi connectivity index (χ1n) is 9.55. The number of halogens is 1. The number of nitrogens with zero attached hydrogens (tertiary/aromatic N) is 6. The fraction of sp³-hybridized carbons (Fsp3) is 0.238. The third kappa shape index (κ3) is 2.68. The van der Waals surface area contributed by atoms with Gasteiger partial charge < -0.3 is 9.88 Å². The van der Waals surface area contributed by atoms with Crippen LogP contribution in [0.3, 0.4) is 0 Å². The lowest BCUT2D eigenvalue weighted by atomic mass is 9.98. The molecule has 8 nitrogen and oxygen atoms in total. The molecule has 1 amide bonds. The fourth-order valence-corrected chi connectivity index (χ4v) is 3.93. The number of alkyl halides is 1. The average molecular weight is 420 g/mol. The van der Waals surface area contributed by atoms with Crippen LogP contribution in [0.1, 0.15) is 25.2 Å². The summed E-state index contributed by atoms with van der Waals surface area (Å²) in [4.78, 5) is 33.5. The summed E-state index contributed by atoms with van der Waals surface area (Å²) in [7, 11) is 0. The van der Waals surface area contributed by atoms with Crippen LogP contribution in [-0.2, 0) is 16.2 Å². The van der Waals surface area contributed by atoms with Gasteiger partial charge in [0.05, 0.1) is 5.56 Å². The van der Waals surface area contributed by atoms with Crippen molar-refractivity contribution in [3.63, 3.8) is 0 Å². The molecule has 1 aliphatic rings. The fourth-order valence-electron chi connectivity index (χ4n) is 3.73. The predicted octanol–water partition coefficient (Wildman–Crippen LogP) is 3.68. The zero-order valence-electron chi connectivity index (χ0n) is 16.6. The summed E-state index contributed by atoms with van der Waals surface area (Å²) in [6.45, 7) is 6.25. The summed E-state index contributed by atoms with van der Waals surface area (Å²) < 4.78 is 2.01. The van der Waals surface area contributed by atoms with Crippen LogP contribution in [0.25, 0.3) is 33.8 Å². The van der Waals surface area contributed by atoms with Gasteiger partial charge in [0.1, 0.15) is 34.1 Å². The first-order chi connectivity index (χ1) is 14.4. The molecule has 0 aliphatic carbocycles. The van der Waals surface area contributed by atoms with E-state index in [9.17, 15) is 4.79 Å². The van der Waals surface area contributed by atoms with Crippen LogP contribution >= 0.6 is 11.6 Å². The summed E-state index contributed by atoms with van der Waals surface area (Å²) in [5.74, 6) is 1.19. The highest BCUT2D eigenvalue weighted by Crippen LogP contribution is 2.43. The van der Waals surface area contributed by atoms with Crippen molar-refractivity contribution < 1.29 is 4.79 Å². The Balaban J connectivity index is 1.71. The Morgan fingerprint density at radius 1 is 1.13 bits per heavy atom. The van der Waals surface area contributed by atoms with Crippen molar-refractivity contribution in [2.75, 3.05) is 5.32 Å². The summed E-state index contributed by atoms with van der Waals surface area (Å²) >= 11 is 6.49. The molecule has 1 N–H and O–H groups in total. The predicted molar refractivity (Wildman–Crippen MR) is 114 cm³/mol. The van der Waals surface area contributed by atoms with Crippen LogP contribution in [0.15, 0.2) is 36.9 Å². The first-order valence-corrected chi connectivity index (χ1v) is 9.93. The summed E-state index contributed by atoms with van der Waals surface area (Å²) in [5.41, 5.74) is 5.13. The van der Waals surface area contributed by atoms with Crippen LogP contribution < -0.4 is 5.32 Å². The average Bonchev–Trinajstić information content (AvgIpc) is 3.23. The second-order valence-corrected chi connectivity index (χ2v) is 8.07. The number of carbonyl (C=O) groups excluding carboxylic acids is 1. The van der Waals surface area contributed by atoms with Gasteiger partial charge in [0, 0.05) is 35.8 Å². The molecule has 3 aromatic heterocycles. The van der Waals surface area contributed by atoms with Crippen molar-refractivity contribution in [3.8, 4) is 22.6 Å². The standard InChI is InChI=1S/C21H18ClN7O/c1-4-29-18(13-8-23-11(2)24-9-13)28-17-16(25-10-26-19(17)29)12-5-6-15-14(7-12)21(3,22)20(30)27-15/h5-10H,4H2,1-3H3,(H,27,30). The number of benzene rings is 1. The van der Waals surface area contributed by atoms with Gasteiger partial charge in [-0.3, -0.25) is 4.79 Å². The number of carbonyl (C=O) groups is 1. The number of hydrogen-bond donors (Lipinski definition) is 1. The molecule has 4 heterocycles. The smallest absolute Gasteiger partial charge is 0.249 e. The Kier molecular flexibility index (Phi) is 4.08. The lowest BCUT2D eigenvalue weighted by Crippen LogP contribution is -2.24. The van der Waals surface area contributed by atoms with E-state index in [1.165, 1.54) is 6.33 Å². The lowest BCUT2D eigenvalue weighted by molar-refractivity contribution is -0.117. The van der Waals surface area contributed by atoms with Crippen molar-refractivity contribution >= 4 is 34.4 Å². The van der Waals surface area contributed by atoms with E-state index in [0.29, 0.717) is 29.3 Å². The lowest BCUT2D eigenvalue weighted by Gasteiger charge is -2.13. The number of rotatable bonds is 3. The molecule has 5 rings (SSSR count). The van der Waals surface area contributed by atoms with Gasteiger partial charge in [0.2, 0.25) is 5.91 Å². The topological polar surface area (TPSA) is 98.5 Å². The molecule has 4 aromatic rings. The molecule has 0 saturated carbocycles. The van der Waals surface area contributed by atoms with Crippen molar-refractivity contribution in [2.45, 2.75) is 32.2 Å². The molecule has 0 saturated heterocycles. The minimum atomic E-state index is -1.12. The highest BCUT2D eigenvalue weighted by molar-refractivity contribution is 6.38. The van der Waals surface area contributed by atoms with E-state index in [4.69, 9.17) is 16.6 Å². The van der Waals surface area contributed by atoms with Crippen molar-refractivity contribution in [3.05, 3.63) is 48.3 Å². The number of fused-ring (bicyclic) bond motifs is 2. The maximum absolute atomic E-state index is 12.2. The molecule has 9 heteroatoms. The molecule has 0 spiro atoms. The molecule has 1 aromatic carbocycles. The minimum absolute atomic E-state index is 0.235. The van der Waals surface area contributed by atoms with Crippen LogP contribution in [-0.4, -0.2) is 35.4 Å². The van der Waals surface area contributed by atoms with Gasteiger partial charge in [-0.2, -0.15) is 0 Å². The molecule has 1 atom stereocenters. The summed E-state index contributed by atoms with van der Waals surface area (Å²) in [5, 5.41) is 2.81. The first kappa shape index (κ1) is 18.6. The maximum atomic E-state index is 12.2. The van der Waals surface area contributed by atoms with Crippen LogP contribution in [0.5, 0.6) is 0 Å². The van der Waals surface area contributed by atoms with Gasteiger partial charge >= 0.3 is 0 Å². The third-order valence-electron chi connectivity index (χ3n) is 5.36. The van der Waals surface area contributed by atoms with E-state index in [-0.39, 0.29) is 5.91 Å². The number of imidazole rings is 1. The third-order valence-corrected chi connectivity index (χ3v) is 5.74. The van der Waals surface area contributed by atoms with E-state index in [0.717, 1.165) is 28.2 Å². The SMILES string of the molecule is CCn1c(-c2cnc(C)nc2)nc2c(-c3ccc4c(c3)C(C)(Cl)C(=O)N4)ncnc21. The molecule has 0 radical (unpaired) electrons. The Bertz CT molecular complexity index is 1310. The summed E-state index contributed by atoms with van der Waals surface area (Å²) in [6.07, 6.45) is 5.04. The normalized spacial score (nSPS) is 17.9. The number of aromatic nitrogens is 6. The van der Waals surface area contributed by atoms with Gasteiger partial charge in [0.15, 0.2) is 5.65 Å². The Hall–Kier alpha value is -3.39. The van der Waals surface area contributed by atoms with Gasteiger partial charge in [-0.15, -0.1) is 11.6 Å². The Labute approximate surface area is 177 Å². The largest absolute Gasteiger partial charge is 0.324 e. The second-order valence-electron chi connectivity index (χ2n) is 7.31. The molecular weight excluding hydrogens is 402 g/mol. The van der Waals surface area contributed by atoms with E-state index < -0.39 is 4.87 Å². The zero-order chi connectivity index (χ0) is 21.0. The number of nitrogens with one attached hydrogen (secondary N) is 1. The van der Waals surface area contributed by atoms with Crippen LogP contribution in [0.4, 0.5) is 5.69 Å². The molecule has 0 fully saturated rings. The van der Waals surface area contributed by atoms with E-state index in [2.05, 4.69) is 25.3 Å². The second kappa shape index (κ2) is 6.56. The maximum Gasteiger partial charge on any atom is 0.249 e. The van der Waals surface area contributed by atoms with Crippen LogP contribution in [0, 0.1) is 6.92 Å². The number of amides is 1. The van der Waals surface area contributed by atoms with E-state index >= 15 is 0 Å². The molecule has 150 valence electrons. The molecule has 1 aliphatic heterocycles. The van der Waals surface area contributed by atoms with Gasteiger partial charge in [-0.1, -0.05) is 6.07 Å². The number of aryl methyl sites for hydroxylation is 2. The number of hydrogen-bond acceptors (Lipinski definition) is 6. The highest BCUT2D eigenvalue weighted by atomic mass is 35.5. The van der Waals surface area contributed by atoms with Gasteiger partial charge in [-0.05, 0) is 32.9 Å². The molecule has 30 heavy (non-hydrogen) atoms. The molecule has 0 bridgehead atoms. The zero-order valence-corrected chi connectivity index (χ0v) is 17.4. The van der Waals surface area contributed by atoms with E-state index in [1.54, 1.807) is 19.3 Å². The van der Waals surface area contributed by atoms with Crippen molar-refractivity contribution in [2.24, 2.45) is 0 Å². The Morgan fingerprint density at radius 2 is 1.90 bits per heavy atom. The molecular formula is C21H18ClN7O. The highest BCUT2D eigenvalue weighted by Gasteiger charge is 2.41. The Morgan fingerprint density at radius 3 is 2.63 bits per heavy atom. The quantitative estimate of drug-likeness (QED) is 0.508. The number of anilines is 1.